The maximum atomic E-state index is 13.1. The number of amidine groups is 1. The standard InChI is InChI=1S/C23H22N4O3S2/c1-30-16-11-12-19-21(14-16)31-23(26-19)20(13-15-7-5-6-10-18(15)22(24)25)27-32(28,29)17-8-3-2-4-9-17/h2-12,14,20,27H,13H2,1H3,(H3,24,25)/t20-/m0/s1. The molecule has 0 fully saturated rings. The van der Waals surface area contributed by atoms with Crippen LogP contribution in [0.15, 0.2) is 77.7 Å². The van der Waals surface area contributed by atoms with E-state index in [-0.39, 0.29) is 10.7 Å². The van der Waals surface area contributed by atoms with E-state index in [1.807, 2.05) is 30.3 Å². The van der Waals surface area contributed by atoms with Crippen LogP contribution >= 0.6 is 11.3 Å². The van der Waals surface area contributed by atoms with Crippen molar-refractivity contribution in [2.24, 2.45) is 5.73 Å². The molecule has 9 heteroatoms. The molecule has 3 aromatic carbocycles. The van der Waals surface area contributed by atoms with E-state index in [4.69, 9.17) is 15.9 Å². The van der Waals surface area contributed by atoms with Crippen LogP contribution in [-0.4, -0.2) is 26.3 Å². The molecule has 1 aromatic heterocycles. The molecule has 0 aliphatic heterocycles. The van der Waals surface area contributed by atoms with Gasteiger partial charge < -0.3 is 10.5 Å². The first-order chi connectivity index (χ1) is 15.4. The fourth-order valence-electron chi connectivity index (χ4n) is 3.41. The maximum absolute atomic E-state index is 13.1. The highest BCUT2D eigenvalue weighted by Crippen LogP contribution is 2.32. The van der Waals surface area contributed by atoms with Gasteiger partial charge in [0.15, 0.2) is 0 Å². The van der Waals surface area contributed by atoms with Gasteiger partial charge in [-0.05, 0) is 42.3 Å². The predicted octanol–water partition coefficient (Wildman–Crippen LogP) is 3.85. The molecule has 0 amide bonds. The second-order valence-corrected chi connectivity index (χ2v) is 9.92. The number of methoxy groups -OCH3 is 1. The Balaban J connectivity index is 1.77. The molecule has 4 rings (SSSR count). The molecule has 0 aliphatic rings. The van der Waals surface area contributed by atoms with E-state index in [9.17, 15) is 8.42 Å². The van der Waals surface area contributed by atoms with Gasteiger partial charge in [-0.1, -0.05) is 42.5 Å². The quantitative estimate of drug-likeness (QED) is 0.269. The lowest BCUT2D eigenvalue weighted by Crippen LogP contribution is -2.30. The summed E-state index contributed by atoms with van der Waals surface area (Å²) in [5.41, 5.74) is 7.85. The summed E-state index contributed by atoms with van der Waals surface area (Å²) in [4.78, 5) is 4.86. The number of fused-ring (bicyclic) bond motifs is 1. The molecule has 164 valence electrons. The van der Waals surface area contributed by atoms with Gasteiger partial charge in [0.25, 0.3) is 0 Å². The van der Waals surface area contributed by atoms with E-state index in [2.05, 4.69) is 9.71 Å². The van der Waals surface area contributed by atoms with Crippen molar-refractivity contribution in [3.63, 3.8) is 0 Å². The summed E-state index contributed by atoms with van der Waals surface area (Å²) in [7, 11) is -2.21. The highest BCUT2D eigenvalue weighted by atomic mass is 32.2. The van der Waals surface area contributed by atoms with Crippen LogP contribution in [0.4, 0.5) is 0 Å². The summed E-state index contributed by atoms with van der Waals surface area (Å²) < 4.78 is 35.2. The fraction of sp³-hybridized carbons (Fsp3) is 0.130. The molecule has 0 aliphatic carbocycles. The summed E-state index contributed by atoms with van der Waals surface area (Å²) in [5.74, 6) is 0.635. The highest BCUT2D eigenvalue weighted by molar-refractivity contribution is 7.89. The number of aromatic nitrogens is 1. The van der Waals surface area contributed by atoms with Crippen LogP contribution in [0.2, 0.25) is 0 Å². The molecule has 4 N–H and O–H groups in total. The fourth-order valence-corrected chi connectivity index (χ4v) is 5.76. The molecule has 0 spiro atoms. The van der Waals surface area contributed by atoms with Crippen LogP contribution in [0.25, 0.3) is 10.2 Å². The predicted molar refractivity (Wildman–Crippen MR) is 127 cm³/mol. The third-order valence-corrected chi connectivity index (χ3v) is 7.61. The molecule has 0 saturated carbocycles. The number of rotatable bonds is 8. The Morgan fingerprint density at radius 2 is 1.84 bits per heavy atom. The first kappa shape index (κ1) is 21.9. The Labute approximate surface area is 190 Å². The molecule has 32 heavy (non-hydrogen) atoms. The lowest BCUT2D eigenvalue weighted by atomic mass is 10.0. The number of nitrogens with two attached hydrogens (primary N) is 1. The van der Waals surface area contributed by atoms with Crippen molar-refractivity contribution in [1.29, 1.82) is 5.41 Å². The Morgan fingerprint density at radius 3 is 2.56 bits per heavy atom. The van der Waals surface area contributed by atoms with Gasteiger partial charge in [-0.15, -0.1) is 11.3 Å². The van der Waals surface area contributed by atoms with Gasteiger partial charge in [-0.25, -0.2) is 18.1 Å². The molecule has 4 aromatic rings. The van der Waals surface area contributed by atoms with Gasteiger partial charge in [0.1, 0.15) is 16.6 Å². The summed E-state index contributed by atoms with van der Waals surface area (Å²) in [6.07, 6.45) is 0.290. The van der Waals surface area contributed by atoms with Gasteiger partial charge >= 0.3 is 0 Å². The van der Waals surface area contributed by atoms with Crippen molar-refractivity contribution >= 4 is 37.4 Å². The number of sulfonamides is 1. The number of benzene rings is 3. The molecule has 0 bridgehead atoms. The molecule has 1 atom stereocenters. The van der Waals surface area contributed by atoms with Crippen LogP contribution in [0, 0.1) is 5.41 Å². The summed E-state index contributed by atoms with van der Waals surface area (Å²) in [6, 6.07) is 20.4. The highest BCUT2D eigenvalue weighted by Gasteiger charge is 2.25. The van der Waals surface area contributed by atoms with Gasteiger partial charge in [0, 0.05) is 5.56 Å². The number of nitrogens with one attached hydrogen (secondary N) is 2. The number of ether oxygens (including phenoxy) is 1. The minimum Gasteiger partial charge on any atom is -0.497 e. The van der Waals surface area contributed by atoms with E-state index >= 15 is 0 Å². The van der Waals surface area contributed by atoms with Gasteiger partial charge in [-0.3, -0.25) is 5.41 Å². The van der Waals surface area contributed by atoms with Crippen molar-refractivity contribution in [1.82, 2.24) is 9.71 Å². The first-order valence-corrected chi connectivity index (χ1v) is 12.1. The minimum atomic E-state index is -3.80. The van der Waals surface area contributed by atoms with Crippen molar-refractivity contribution in [2.75, 3.05) is 7.11 Å². The number of thiazole rings is 1. The average Bonchev–Trinajstić information content (AvgIpc) is 3.22. The maximum Gasteiger partial charge on any atom is 0.241 e. The first-order valence-electron chi connectivity index (χ1n) is 9.81. The van der Waals surface area contributed by atoms with E-state index in [1.54, 1.807) is 49.6 Å². The van der Waals surface area contributed by atoms with Crippen molar-refractivity contribution < 1.29 is 13.2 Å². The summed E-state index contributed by atoms with van der Waals surface area (Å²) >= 11 is 1.40. The third kappa shape index (κ3) is 4.64. The van der Waals surface area contributed by atoms with Gasteiger partial charge in [0.05, 0.1) is 28.3 Å². The second-order valence-electron chi connectivity index (χ2n) is 7.15. The number of hydrogen-bond donors (Lipinski definition) is 3. The van der Waals surface area contributed by atoms with Crippen LogP contribution in [0.5, 0.6) is 5.75 Å². The molecule has 1 heterocycles. The second kappa shape index (κ2) is 9.07. The Hall–Kier alpha value is -3.27. The number of nitrogens with zero attached hydrogens (tertiary/aromatic N) is 1. The van der Waals surface area contributed by atoms with Gasteiger partial charge in [-0.2, -0.15) is 0 Å². The van der Waals surface area contributed by atoms with Crippen LogP contribution in [0.1, 0.15) is 22.2 Å². The largest absolute Gasteiger partial charge is 0.497 e. The molecule has 0 saturated heterocycles. The lowest BCUT2D eigenvalue weighted by molar-refractivity contribution is 0.415. The Bertz CT molecular complexity index is 1370. The molecule has 7 nitrogen and oxygen atoms in total. The molecule has 0 unspecified atom stereocenters. The third-order valence-electron chi connectivity index (χ3n) is 4.99. The Morgan fingerprint density at radius 1 is 1.12 bits per heavy atom. The van der Waals surface area contributed by atoms with Crippen molar-refractivity contribution in [3.8, 4) is 5.75 Å². The molecular formula is C23H22N4O3S2. The number of hydrogen-bond acceptors (Lipinski definition) is 6. The minimum absolute atomic E-state index is 0.0701. The van der Waals surface area contributed by atoms with E-state index in [0.29, 0.717) is 22.7 Å². The normalized spacial score (nSPS) is 12.5. The lowest BCUT2D eigenvalue weighted by Gasteiger charge is -2.18. The van der Waals surface area contributed by atoms with Gasteiger partial charge in [0.2, 0.25) is 10.0 Å². The zero-order valence-electron chi connectivity index (χ0n) is 17.3. The van der Waals surface area contributed by atoms with Crippen molar-refractivity contribution in [3.05, 3.63) is 88.9 Å². The SMILES string of the molecule is COc1ccc2nc([C@H](Cc3ccccc3C(=N)N)NS(=O)(=O)c3ccccc3)sc2c1. The van der Waals surface area contributed by atoms with E-state index in [1.165, 1.54) is 11.3 Å². The van der Waals surface area contributed by atoms with E-state index in [0.717, 1.165) is 15.8 Å². The topological polar surface area (TPSA) is 118 Å². The average molecular weight is 467 g/mol. The van der Waals surface area contributed by atoms with Crippen LogP contribution < -0.4 is 15.2 Å². The zero-order valence-corrected chi connectivity index (χ0v) is 18.9. The van der Waals surface area contributed by atoms with E-state index < -0.39 is 16.1 Å². The molecule has 0 radical (unpaired) electrons. The Kier molecular flexibility index (Phi) is 6.22. The smallest absolute Gasteiger partial charge is 0.241 e. The zero-order chi connectivity index (χ0) is 22.7. The molecular weight excluding hydrogens is 444 g/mol. The summed E-state index contributed by atoms with van der Waals surface area (Å²) in [5, 5.41) is 8.50. The van der Waals surface area contributed by atoms with Crippen LogP contribution in [-0.2, 0) is 16.4 Å². The summed E-state index contributed by atoms with van der Waals surface area (Å²) in [6.45, 7) is 0. The van der Waals surface area contributed by atoms with Crippen molar-refractivity contribution in [2.45, 2.75) is 17.4 Å². The number of nitrogen functional groups attached to an aromatic ring is 1. The van der Waals surface area contributed by atoms with Crippen LogP contribution in [0.3, 0.4) is 0 Å². The monoisotopic (exact) mass is 466 g/mol.